The van der Waals surface area contributed by atoms with Gasteiger partial charge in [-0.2, -0.15) is 8.67 Å². The van der Waals surface area contributed by atoms with E-state index in [1.807, 2.05) is 0 Å². The molecule has 7 aromatic carbocycles. The van der Waals surface area contributed by atoms with Crippen molar-refractivity contribution < 1.29 is 203 Å². The van der Waals surface area contributed by atoms with E-state index in [1.54, 1.807) is 6.07 Å². The fourth-order valence-electron chi connectivity index (χ4n) is 6.79. The minimum Gasteiger partial charge on any atom is -0.744 e. The van der Waals surface area contributed by atoms with Gasteiger partial charge in [0, 0.05) is 27.8 Å². The van der Waals surface area contributed by atoms with Crippen molar-refractivity contribution in [2.75, 3.05) is 24.9 Å². The number of carbonyl (C=O) groups is 2. The number of amides is 2. The molecule has 0 heterocycles. The zero-order chi connectivity index (χ0) is 52.9. The SMILES string of the molecule is COc1cc(N=Nc2c(S(=O)(=O)[O-])cc3cc(SOO[O-])cc(NC(=O)c4cccc(Cl)c4Cl)c3c2O)c(OC)cc1N=Nc1c(SOO[O-])cc2cc(S(=O)(=O)[O-])cc(NC(=O)c3ccccc3Cl)c2c1O.[Na+].[Na+].[Na+].[Na+]. The second-order valence-electron chi connectivity index (χ2n) is 14.2. The van der Waals surface area contributed by atoms with Crippen molar-refractivity contribution >= 4 is 147 Å². The van der Waals surface area contributed by atoms with E-state index < -0.39 is 70.4 Å². The Hall–Kier alpha value is -2.45. The number of phenolic OH excluding ortho intramolecular Hbond substituents is 2. The Kier molecular flexibility index (Phi) is 26.8. The standard InChI is InChI=1S/C42H29Cl3N6O18S4.4Na/c1-64-30-17-27(49-51-38-33(73(61,62)63)13-18-10-20(70-68-66-56)14-28(34(18)40(38)53)46-42(55)23-7-5-9-25(44)36(23)45)31(65-2)16-26(30)48-50-37-32(71-69-67-57)12-19-11-21(72(58,59)60)15-29(35(19)39(37)52)47-41(54)22-6-3-4-8-24(22)43;;;;/h3-17,52-53,56-57H,1-2H3,(H,46,55)(H,47,54)(H,58,59,60)(H,61,62,63);;;;/q;4*+1/p-4. The molecule has 0 fully saturated rings. The van der Waals surface area contributed by atoms with E-state index in [1.165, 1.54) is 62.8 Å². The predicted molar refractivity (Wildman–Crippen MR) is 255 cm³/mol. The number of methoxy groups -OCH3 is 2. The normalized spacial score (nSPS) is 11.4. The quantitative estimate of drug-likeness (QED) is 0.0166. The Morgan fingerprint density at radius 1 is 0.597 bits per heavy atom. The third-order valence-electron chi connectivity index (χ3n) is 9.92. The summed E-state index contributed by atoms with van der Waals surface area (Å²) in [5.74, 6) is -3.94. The number of carbonyl (C=O) groups excluding carboxylic acids is 2. The smallest absolute Gasteiger partial charge is 0.744 e. The number of azo groups is 2. The molecule has 0 unspecified atom stereocenters. The fourth-order valence-corrected chi connectivity index (χ4v) is 9.52. The monoisotopic (exact) mass is 1230 g/mol. The number of ether oxygens (including phenoxy) is 2. The number of nitrogens with one attached hydrogen (secondary N) is 2. The van der Waals surface area contributed by atoms with E-state index in [4.69, 9.17) is 44.3 Å². The van der Waals surface area contributed by atoms with Crippen molar-refractivity contribution in [1.82, 2.24) is 0 Å². The van der Waals surface area contributed by atoms with E-state index in [0.29, 0.717) is 12.0 Å². The Labute approximate surface area is 547 Å². The average molecular weight is 1230 g/mol. The minimum atomic E-state index is -5.50. The van der Waals surface area contributed by atoms with E-state index >= 15 is 0 Å². The molecule has 0 spiro atoms. The van der Waals surface area contributed by atoms with Crippen LogP contribution in [0.3, 0.4) is 0 Å². The van der Waals surface area contributed by atoms with Crippen molar-refractivity contribution in [2.24, 2.45) is 20.5 Å². The Balaban J connectivity index is 0.00000390. The van der Waals surface area contributed by atoms with Crippen LogP contribution in [0.4, 0.5) is 34.1 Å². The van der Waals surface area contributed by atoms with Crippen LogP contribution in [0.1, 0.15) is 20.7 Å². The molecule has 0 saturated carbocycles. The third kappa shape index (κ3) is 16.2. The zero-order valence-corrected chi connectivity index (χ0v) is 53.7. The van der Waals surface area contributed by atoms with Gasteiger partial charge in [0.2, 0.25) is 0 Å². The molecule has 24 nitrogen and oxygen atoms in total. The van der Waals surface area contributed by atoms with Crippen LogP contribution in [-0.4, -0.2) is 62.2 Å². The third-order valence-corrected chi connectivity index (χ3v) is 13.9. The predicted octanol–water partition coefficient (Wildman–Crippen LogP) is -3.00. The molecule has 380 valence electrons. The molecule has 0 aliphatic rings. The van der Waals surface area contributed by atoms with Gasteiger partial charge in [-0.1, -0.05) is 53.0 Å². The first kappa shape index (κ1) is 68.8. The summed E-state index contributed by atoms with van der Waals surface area (Å²) in [5, 5.41) is 72.0. The van der Waals surface area contributed by atoms with Crippen LogP contribution in [0.25, 0.3) is 21.5 Å². The molecular weight excluding hydrogens is 1200 g/mol. The molecule has 0 aromatic heterocycles. The number of hydrogen-bond donors (Lipinski definition) is 4. The van der Waals surface area contributed by atoms with Crippen molar-refractivity contribution in [1.29, 1.82) is 0 Å². The van der Waals surface area contributed by atoms with E-state index in [9.17, 15) is 56.3 Å². The fraction of sp³-hybridized carbons (Fsp3) is 0.0476. The average Bonchev–Trinajstić information content (AvgIpc) is 3.34. The summed E-state index contributed by atoms with van der Waals surface area (Å²) in [6, 6.07) is 18.2. The number of rotatable bonds is 18. The van der Waals surface area contributed by atoms with Crippen molar-refractivity contribution in [3.05, 3.63) is 117 Å². The number of halogens is 3. The van der Waals surface area contributed by atoms with Gasteiger partial charge in [0.25, 0.3) is 11.8 Å². The summed E-state index contributed by atoms with van der Waals surface area (Å²) < 4.78 is 94.6. The first-order valence-corrected chi connectivity index (χ1v) is 24.9. The maximum absolute atomic E-state index is 13.5. The van der Waals surface area contributed by atoms with E-state index in [0.717, 1.165) is 36.4 Å². The van der Waals surface area contributed by atoms with Gasteiger partial charge in [-0.3, -0.25) is 19.7 Å². The minimum absolute atomic E-state index is 0. The van der Waals surface area contributed by atoms with Crippen molar-refractivity contribution in [2.45, 2.75) is 19.6 Å². The largest absolute Gasteiger partial charge is 1.00 e. The summed E-state index contributed by atoms with van der Waals surface area (Å²) in [5.41, 5.74) is -2.72. The molecule has 0 saturated heterocycles. The number of anilines is 2. The summed E-state index contributed by atoms with van der Waals surface area (Å²) in [4.78, 5) is 24.6. The van der Waals surface area contributed by atoms with E-state index in [-0.39, 0.29) is 216 Å². The molecule has 77 heavy (non-hydrogen) atoms. The molecule has 2 amide bonds. The Bertz CT molecular complexity index is 3690. The molecule has 0 aliphatic carbocycles. The first-order valence-electron chi connectivity index (χ1n) is 19.4. The molecule has 4 N–H and O–H groups in total. The summed E-state index contributed by atoms with van der Waals surface area (Å²) >= 11 is 19.1. The van der Waals surface area contributed by atoms with Crippen LogP contribution in [0.2, 0.25) is 15.1 Å². The van der Waals surface area contributed by atoms with Gasteiger partial charge < -0.3 is 49.9 Å². The van der Waals surface area contributed by atoms with E-state index in [2.05, 4.69) is 49.8 Å². The van der Waals surface area contributed by atoms with Gasteiger partial charge in [-0.05, 0) is 71.4 Å². The van der Waals surface area contributed by atoms with Crippen molar-refractivity contribution in [3.63, 3.8) is 0 Å². The molecule has 0 aliphatic heterocycles. The van der Waals surface area contributed by atoms with Crippen LogP contribution in [0.5, 0.6) is 23.0 Å². The van der Waals surface area contributed by atoms with Gasteiger partial charge in [0.1, 0.15) is 54.5 Å². The van der Waals surface area contributed by atoms with Gasteiger partial charge >= 0.3 is 118 Å². The zero-order valence-electron chi connectivity index (χ0n) is 40.1. The second-order valence-corrected chi connectivity index (χ2v) is 19.7. The maximum atomic E-state index is 13.5. The van der Waals surface area contributed by atoms with Crippen LogP contribution in [0, 0.1) is 0 Å². The Morgan fingerprint density at radius 3 is 1.66 bits per heavy atom. The molecule has 0 bridgehead atoms. The van der Waals surface area contributed by atoms with Crippen LogP contribution in [-0.2, 0) is 39.0 Å². The summed E-state index contributed by atoms with van der Waals surface area (Å²) in [7, 11) is -8.35. The Morgan fingerprint density at radius 2 is 1.10 bits per heavy atom. The molecular formula is C42H25Cl3N6Na4O18S4. The molecule has 35 heteroatoms. The number of aromatic hydroxyl groups is 2. The summed E-state index contributed by atoms with van der Waals surface area (Å²) in [6.45, 7) is 0. The molecule has 7 aromatic rings. The topological polar surface area (TPSA) is 364 Å². The second kappa shape index (κ2) is 30.0. The van der Waals surface area contributed by atoms with Crippen LogP contribution >= 0.6 is 58.9 Å². The van der Waals surface area contributed by atoms with Crippen LogP contribution < -0.4 is 149 Å². The van der Waals surface area contributed by atoms with Crippen molar-refractivity contribution in [3.8, 4) is 23.0 Å². The van der Waals surface area contributed by atoms with Crippen LogP contribution in [0.15, 0.2) is 131 Å². The number of hydrogen-bond acceptors (Lipinski definition) is 24. The van der Waals surface area contributed by atoms with Gasteiger partial charge in [-0.15, -0.1) is 20.5 Å². The molecule has 0 radical (unpaired) electrons. The maximum Gasteiger partial charge on any atom is 1.00 e. The van der Waals surface area contributed by atoms with Gasteiger partial charge in [-0.25, -0.2) is 16.8 Å². The van der Waals surface area contributed by atoms with Gasteiger partial charge in [0.05, 0.1) is 90.6 Å². The molecule has 7 rings (SSSR count). The number of nitrogens with zero attached hydrogens (tertiary/aromatic N) is 4. The number of phenols is 2. The number of fused-ring (bicyclic) bond motifs is 2. The summed E-state index contributed by atoms with van der Waals surface area (Å²) in [6.07, 6.45) is 0. The first-order chi connectivity index (χ1) is 34.7. The van der Waals surface area contributed by atoms with Gasteiger partial charge in [0.15, 0.2) is 11.5 Å². The number of benzene rings is 7. The molecule has 0 atom stereocenters.